The molecule has 0 radical (unpaired) electrons. The van der Waals surface area contributed by atoms with Gasteiger partial charge in [0.2, 0.25) is 0 Å². The van der Waals surface area contributed by atoms with Gasteiger partial charge in [-0.1, -0.05) is 0 Å². The number of hydrogen-bond donors (Lipinski definition) is 1. The van der Waals surface area contributed by atoms with Gasteiger partial charge in [-0.3, -0.25) is 0 Å². The summed E-state index contributed by atoms with van der Waals surface area (Å²) >= 11 is 0. The second kappa shape index (κ2) is 6.07. The molecule has 4 nitrogen and oxygen atoms in total. The molecule has 100 valence electrons. The topological polar surface area (TPSA) is 41.7 Å². The third kappa shape index (κ3) is 2.94. The lowest BCUT2D eigenvalue weighted by molar-refractivity contribution is 0.266. The second-order valence-electron chi connectivity index (χ2n) is 4.87. The Morgan fingerprint density at radius 2 is 2.00 bits per heavy atom. The highest BCUT2D eigenvalue weighted by Crippen LogP contribution is 2.21. The molecule has 18 heavy (non-hydrogen) atoms. The molecule has 0 aromatic heterocycles. The summed E-state index contributed by atoms with van der Waals surface area (Å²) in [6, 6.07) is 8.72. The van der Waals surface area contributed by atoms with Crippen LogP contribution >= 0.6 is 0 Å². The molecule has 1 aliphatic rings. The lowest BCUT2D eigenvalue weighted by Gasteiger charge is -2.29. The fourth-order valence-corrected chi connectivity index (χ4v) is 2.46. The Morgan fingerprint density at radius 3 is 2.61 bits per heavy atom. The van der Waals surface area contributed by atoms with E-state index in [9.17, 15) is 0 Å². The van der Waals surface area contributed by atoms with Gasteiger partial charge >= 0.3 is 0 Å². The van der Waals surface area contributed by atoms with Crippen LogP contribution in [0.4, 0.5) is 5.69 Å². The van der Waals surface area contributed by atoms with Crippen LogP contribution in [0.2, 0.25) is 0 Å². The maximum Gasteiger partial charge on any atom is 0.119 e. The fourth-order valence-electron chi connectivity index (χ4n) is 2.46. The van der Waals surface area contributed by atoms with E-state index in [0.29, 0.717) is 12.6 Å². The van der Waals surface area contributed by atoms with E-state index >= 15 is 0 Å². The van der Waals surface area contributed by atoms with Crippen LogP contribution < -0.4 is 15.4 Å². The predicted octanol–water partition coefficient (Wildman–Crippen LogP) is 1.16. The molecule has 1 atom stereocenters. The third-order valence-electron chi connectivity index (χ3n) is 3.70. The minimum absolute atomic E-state index is 0.439. The largest absolute Gasteiger partial charge is 0.497 e. The lowest BCUT2D eigenvalue weighted by Crippen LogP contribution is -2.43. The molecule has 1 aromatic rings. The fraction of sp³-hybridized carbons (Fsp3) is 0.571. The Kier molecular flexibility index (Phi) is 4.44. The molecule has 0 aliphatic carbocycles. The first kappa shape index (κ1) is 13.2. The number of likely N-dealkylation sites (N-methyl/N-ethyl adjacent to an activating group) is 1. The van der Waals surface area contributed by atoms with Crippen molar-refractivity contribution in [3.05, 3.63) is 24.3 Å². The van der Waals surface area contributed by atoms with Gasteiger partial charge in [0.15, 0.2) is 0 Å². The molecule has 0 saturated carbocycles. The van der Waals surface area contributed by atoms with Crippen LogP contribution in [0, 0.1) is 0 Å². The Labute approximate surface area is 109 Å². The molecule has 1 unspecified atom stereocenters. The number of ether oxygens (including phenoxy) is 1. The molecule has 1 saturated heterocycles. The zero-order valence-corrected chi connectivity index (χ0v) is 11.3. The van der Waals surface area contributed by atoms with Crippen molar-refractivity contribution in [2.45, 2.75) is 12.5 Å². The molecule has 2 rings (SSSR count). The van der Waals surface area contributed by atoms with Crippen LogP contribution in [-0.2, 0) is 0 Å². The first-order valence-corrected chi connectivity index (χ1v) is 6.54. The Morgan fingerprint density at radius 1 is 1.28 bits per heavy atom. The van der Waals surface area contributed by atoms with Gasteiger partial charge in [-0.15, -0.1) is 0 Å². The van der Waals surface area contributed by atoms with Gasteiger partial charge < -0.3 is 20.3 Å². The summed E-state index contributed by atoms with van der Waals surface area (Å²) in [7, 11) is 3.86. The van der Waals surface area contributed by atoms with Crippen LogP contribution in [0.25, 0.3) is 0 Å². The van der Waals surface area contributed by atoms with Crippen molar-refractivity contribution in [1.29, 1.82) is 0 Å². The lowest BCUT2D eigenvalue weighted by atomic mass is 10.2. The summed E-state index contributed by atoms with van der Waals surface area (Å²) in [5, 5.41) is 0. The standard InChI is InChI=1S/C14H23N3O/c1-16-8-3-9-17(11-13(16)10-15)12-4-6-14(18-2)7-5-12/h4-7,13H,3,8-11,15H2,1-2H3. The summed E-state index contributed by atoms with van der Waals surface area (Å²) in [5.74, 6) is 0.904. The van der Waals surface area contributed by atoms with Crippen molar-refractivity contribution in [3.8, 4) is 5.75 Å². The van der Waals surface area contributed by atoms with E-state index in [1.54, 1.807) is 7.11 Å². The van der Waals surface area contributed by atoms with Gasteiger partial charge in [0.25, 0.3) is 0 Å². The number of nitrogens with two attached hydrogens (primary N) is 1. The van der Waals surface area contributed by atoms with E-state index in [-0.39, 0.29) is 0 Å². The van der Waals surface area contributed by atoms with Crippen LogP contribution in [0.3, 0.4) is 0 Å². The summed E-state index contributed by atoms with van der Waals surface area (Å²) < 4.78 is 5.19. The average molecular weight is 249 g/mol. The van der Waals surface area contributed by atoms with E-state index in [1.807, 2.05) is 12.1 Å². The van der Waals surface area contributed by atoms with Crippen LogP contribution in [0.5, 0.6) is 5.75 Å². The zero-order valence-electron chi connectivity index (χ0n) is 11.3. The summed E-state index contributed by atoms with van der Waals surface area (Å²) in [4.78, 5) is 4.78. The van der Waals surface area contributed by atoms with Crippen LogP contribution in [0.1, 0.15) is 6.42 Å². The van der Waals surface area contributed by atoms with Crippen molar-refractivity contribution in [2.75, 3.05) is 45.2 Å². The number of nitrogens with zero attached hydrogens (tertiary/aromatic N) is 2. The number of benzene rings is 1. The van der Waals surface area contributed by atoms with Crippen molar-refractivity contribution in [3.63, 3.8) is 0 Å². The number of rotatable bonds is 3. The van der Waals surface area contributed by atoms with Crippen molar-refractivity contribution in [2.24, 2.45) is 5.73 Å². The smallest absolute Gasteiger partial charge is 0.119 e. The SMILES string of the molecule is COc1ccc(N2CCCN(C)C(CN)C2)cc1. The Bertz CT molecular complexity index is 366. The van der Waals surface area contributed by atoms with Gasteiger partial charge in [0, 0.05) is 31.4 Å². The maximum atomic E-state index is 5.86. The summed E-state index contributed by atoms with van der Waals surface area (Å²) in [6.07, 6.45) is 1.18. The molecule has 0 bridgehead atoms. The third-order valence-corrected chi connectivity index (χ3v) is 3.70. The van der Waals surface area contributed by atoms with E-state index in [2.05, 4.69) is 29.0 Å². The predicted molar refractivity (Wildman–Crippen MR) is 75.3 cm³/mol. The van der Waals surface area contributed by atoms with E-state index < -0.39 is 0 Å². The molecule has 1 aromatic carbocycles. The quantitative estimate of drug-likeness (QED) is 0.873. The number of anilines is 1. The molecule has 1 fully saturated rings. The highest BCUT2D eigenvalue weighted by atomic mass is 16.5. The summed E-state index contributed by atoms with van der Waals surface area (Å²) in [5.41, 5.74) is 7.11. The van der Waals surface area contributed by atoms with Gasteiger partial charge in [0.05, 0.1) is 7.11 Å². The highest BCUT2D eigenvalue weighted by Gasteiger charge is 2.21. The minimum Gasteiger partial charge on any atom is -0.497 e. The van der Waals surface area contributed by atoms with Crippen molar-refractivity contribution >= 4 is 5.69 Å². The van der Waals surface area contributed by atoms with Crippen LogP contribution in [-0.4, -0.2) is 51.3 Å². The second-order valence-corrected chi connectivity index (χ2v) is 4.87. The molecule has 0 amide bonds. The van der Waals surface area contributed by atoms with Crippen LogP contribution in [0.15, 0.2) is 24.3 Å². The van der Waals surface area contributed by atoms with Crippen molar-refractivity contribution < 1.29 is 4.74 Å². The molecule has 1 heterocycles. The highest BCUT2D eigenvalue weighted by molar-refractivity contribution is 5.49. The molecule has 1 aliphatic heterocycles. The average Bonchev–Trinajstić information content (AvgIpc) is 2.60. The molecule has 4 heteroatoms. The Hall–Kier alpha value is -1.26. The summed E-state index contributed by atoms with van der Waals surface area (Å²) in [6.45, 7) is 3.92. The molecule has 0 spiro atoms. The molecule has 2 N–H and O–H groups in total. The van der Waals surface area contributed by atoms with Crippen molar-refractivity contribution in [1.82, 2.24) is 4.90 Å². The zero-order chi connectivity index (χ0) is 13.0. The first-order valence-electron chi connectivity index (χ1n) is 6.54. The Balaban J connectivity index is 2.10. The molecular formula is C14H23N3O. The maximum absolute atomic E-state index is 5.86. The van der Waals surface area contributed by atoms with Gasteiger partial charge in [-0.2, -0.15) is 0 Å². The normalized spacial score (nSPS) is 21.7. The number of methoxy groups -OCH3 is 1. The van der Waals surface area contributed by atoms with E-state index in [4.69, 9.17) is 10.5 Å². The molecular weight excluding hydrogens is 226 g/mol. The minimum atomic E-state index is 0.439. The van der Waals surface area contributed by atoms with E-state index in [1.165, 1.54) is 12.1 Å². The first-order chi connectivity index (χ1) is 8.74. The van der Waals surface area contributed by atoms with Gasteiger partial charge in [-0.05, 0) is 44.3 Å². The van der Waals surface area contributed by atoms with Gasteiger partial charge in [0.1, 0.15) is 5.75 Å². The number of hydrogen-bond acceptors (Lipinski definition) is 4. The van der Waals surface area contributed by atoms with Gasteiger partial charge in [-0.25, -0.2) is 0 Å². The van der Waals surface area contributed by atoms with E-state index in [0.717, 1.165) is 25.4 Å². The monoisotopic (exact) mass is 249 g/mol.